The second-order valence-electron chi connectivity index (χ2n) is 7.87. The Hall–Kier alpha value is -2.95. The molecule has 1 aliphatic heterocycles. The lowest BCUT2D eigenvalue weighted by Crippen LogP contribution is -2.75. The largest absolute Gasteiger partial charge is 0.484 e. The molecule has 1 N–H and O–H groups in total. The van der Waals surface area contributed by atoms with E-state index in [0.29, 0.717) is 24.5 Å². The highest BCUT2D eigenvalue weighted by molar-refractivity contribution is 5.97. The zero-order chi connectivity index (χ0) is 25.3. The van der Waals surface area contributed by atoms with Gasteiger partial charge in [0.25, 0.3) is 11.8 Å². The topological polar surface area (TPSA) is 113 Å². The summed E-state index contributed by atoms with van der Waals surface area (Å²) in [6.07, 6.45) is -0.978. The van der Waals surface area contributed by atoms with Gasteiger partial charge >= 0.3 is 5.97 Å². The number of para-hydroxylation sites is 1. The number of carbonyl (C=O) groups excluding carboxylic acids is 3. The molecule has 1 unspecified atom stereocenters. The predicted octanol–water partition coefficient (Wildman–Crippen LogP) is 1.64. The normalized spacial score (nSPS) is 18.6. The fraction of sp³-hybridized carbons (Fsp3) is 0.542. The van der Waals surface area contributed by atoms with E-state index in [1.165, 1.54) is 12.0 Å². The molecule has 0 radical (unpaired) electrons. The Labute approximate surface area is 200 Å². The summed E-state index contributed by atoms with van der Waals surface area (Å²) in [5.74, 6) is -2.25. The molecule has 2 rings (SSSR count). The van der Waals surface area contributed by atoms with Gasteiger partial charge in [-0.2, -0.15) is 0 Å². The summed E-state index contributed by atoms with van der Waals surface area (Å²) in [5, 5.41) is 2.62. The van der Waals surface area contributed by atoms with Crippen LogP contribution >= 0.6 is 0 Å². The van der Waals surface area contributed by atoms with Gasteiger partial charge in [-0.15, -0.1) is 0 Å². The number of hydrogen-bond donors (Lipinski definition) is 1. The van der Waals surface area contributed by atoms with Crippen molar-refractivity contribution < 1.29 is 38.1 Å². The van der Waals surface area contributed by atoms with Crippen LogP contribution in [0.4, 0.5) is 0 Å². The van der Waals surface area contributed by atoms with E-state index in [0.717, 1.165) is 0 Å². The fourth-order valence-corrected chi connectivity index (χ4v) is 3.59. The molecule has 0 saturated carbocycles. The SMILES string of the molecule is C=C(C)C(C(=O)OC)N1C(=O)[C@@H](NC(=O)COc2ccccc2)[C@H]1OCC(C)(OCC)OCC. The van der Waals surface area contributed by atoms with Crippen LogP contribution in [0.5, 0.6) is 5.75 Å². The molecular formula is C24H34N2O8. The zero-order valence-corrected chi connectivity index (χ0v) is 20.4. The average molecular weight is 479 g/mol. The Morgan fingerprint density at radius 1 is 1.18 bits per heavy atom. The van der Waals surface area contributed by atoms with Gasteiger partial charge in [-0.05, 0) is 45.4 Å². The molecule has 1 aliphatic rings. The molecule has 3 atom stereocenters. The quantitative estimate of drug-likeness (QED) is 0.186. The van der Waals surface area contributed by atoms with Crippen molar-refractivity contribution in [3.63, 3.8) is 0 Å². The van der Waals surface area contributed by atoms with Crippen LogP contribution in [0.3, 0.4) is 0 Å². The monoisotopic (exact) mass is 478 g/mol. The molecule has 1 aromatic carbocycles. The molecule has 34 heavy (non-hydrogen) atoms. The van der Waals surface area contributed by atoms with Gasteiger partial charge in [0.15, 0.2) is 30.7 Å². The van der Waals surface area contributed by atoms with Gasteiger partial charge in [0.2, 0.25) is 0 Å². The lowest BCUT2D eigenvalue weighted by molar-refractivity contribution is -0.270. The maximum Gasteiger partial charge on any atom is 0.333 e. The molecule has 0 aromatic heterocycles. The van der Waals surface area contributed by atoms with Gasteiger partial charge in [0, 0.05) is 13.2 Å². The van der Waals surface area contributed by atoms with Gasteiger partial charge in [-0.3, -0.25) is 14.5 Å². The van der Waals surface area contributed by atoms with Crippen molar-refractivity contribution in [2.24, 2.45) is 0 Å². The van der Waals surface area contributed by atoms with Crippen LogP contribution in [0.1, 0.15) is 27.7 Å². The molecular weight excluding hydrogens is 444 g/mol. The maximum atomic E-state index is 13.0. The number of nitrogens with zero attached hydrogens (tertiary/aromatic N) is 1. The first kappa shape index (κ1) is 27.3. The lowest BCUT2D eigenvalue weighted by atomic mass is 9.97. The Morgan fingerprint density at radius 3 is 2.32 bits per heavy atom. The number of hydrogen-bond acceptors (Lipinski definition) is 8. The Bertz CT molecular complexity index is 854. The number of ether oxygens (including phenoxy) is 5. The van der Waals surface area contributed by atoms with Crippen LogP contribution in [-0.4, -0.2) is 80.3 Å². The minimum atomic E-state index is -1.08. The standard InChI is InChI=1S/C24H34N2O8/c1-7-33-24(5,34-8-2)15-32-22-19(21(28)26(22)20(16(3)4)23(29)30-6)25-18(27)14-31-17-12-10-9-11-13-17/h9-13,19-20,22H,3,7-8,14-15H2,1-2,4-6H3,(H,25,27)/t19-,20?,22-/m1/s1. The summed E-state index contributed by atoms with van der Waals surface area (Å²) in [5.41, 5.74) is 0.392. The minimum Gasteiger partial charge on any atom is -0.484 e. The van der Waals surface area contributed by atoms with Crippen molar-refractivity contribution in [3.05, 3.63) is 42.5 Å². The number of rotatable bonds is 14. The number of carbonyl (C=O) groups is 3. The molecule has 2 amide bonds. The Kier molecular flexibility index (Phi) is 10.0. The number of amides is 2. The van der Waals surface area contributed by atoms with Crippen LogP contribution in [0.25, 0.3) is 0 Å². The Morgan fingerprint density at radius 2 is 1.79 bits per heavy atom. The van der Waals surface area contributed by atoms with E-state index < -0.39 is 41.9 Å². The maximum absolute atomic E-state index is 13.0. The molecule has 1 aromatic rings. The van der Waals surface area contributed by atoms with Crippen molar-refractivity contribution in [3.8, 4) is 5.75 Å². The van der Waals surface area contributed by atoms with E-state index in [1.54, 1.807) is 38.1 Å². The molecule has 188 valence electrons. The fourth-order valence-electron chi connectivity index (χ4n) is 3.59. The van der Waals surface area contributed by atoms with E-state index in [1.807, 2.05) is 19.9 Å². The molecule has 1 fully saturated rings. The summed E-state index contributed by atoms with van der Waals surface area (Å²) in [4.78, 5) is 39.1. The highest BCUT2D eigenvalue weighted by atomic mass is 16.7. The number of nitrogens with one attached hydrogen (secondary N) is 1. The van der Waals surface area contributed by atoms with E-state index >= 15 is 0 Å². The van der Waals surface area contributed by atoms with Gasteiger partial charge in [-0.1, -0.05) is 24.8 Å². The van der Waals surface area contributed by atoms with Gasteiger partial charge in [0.1, 0.15) is 12.4 Å². The van der Waals surface area contributed by atoms with Crippen molar-refractivity contribution in [2.75, 3.05) is 33.5 Å². The summed E-state index contributed by atoms with van der Waals surface area (Å²) in [6, 6.07) is 6.71. The second-order valence-corrected chi connectivity index (χ2v) is 7.87. The highest BCUT2D eigenvalue weighted by Crippen LogP contribution is 2.29. The summed E-state index contributed by atoms with van der Waals surface area (Å²) in [6.45, 7) is 11.2. The first-order valence-corrected chi connectivity index (χ1v) is 11.1. The van der Waals surface area contributed by atoms with Crippen molar-refractivity contribution >= 4 is 17.8 Å². The van der Waals surface area contributed by atoms with E-state index in [2.05, 4.69) is 11.9 Å². The van der Waals surface area contributed by atoms with Gasteiger partial charge in [0.05, 0.1) is 7.11 Å². The third-order valence-corrected chi connectivity index (χ3v) is 5.09. The van der Waals surface area contributed by atoms with Gasteiger partial charge < -0.3 is 29.0 Å². The van der Waals surface area contributed by atoms with E-state index in [4.69, 9.17) is 23.7 Å². The Balaban J connectivity index is 2.16. The molecule has 0 bridgehead atoms. The number of likely N-dealkylation sites (tertiary alicyclic amines) is 1. The van der Waals surface area contributed by atoms with Crippen LogP contribution < -0.4 is 10.1 Å². The van der Waals surface area contributed by atoms with Crippen LogP contribution in [0.2, 0.25) is 0 Å². The summed E-state index contributed by atoms with van der Waals surface area (Å²) < 4.78 is 27.6. The molecule has 10 nitrogen and oxygen atoms in total. The molecule has 1 saturated heterocycles. The average Bonchev–Trinajstić information content (AvgIpc) is 2.81. The van der Waals surface area contributed by atoms with Gasteiger partial charge in [-0.25, -0.2) is 4.79 Å². The third-order valence-electron chi connectivity index (χ3n) is 5.09. The lowest BCUT2D eigenvalue weighted by Gasteiger charge is -2.50. The summed E-state index contributed by atoms with van der Waals surface area (Å²) in [7, 11) is 1.22. The van der Waals surface area contributed by atoms with Crippen LogP contribution in [0, 0.1) is 0 Å². The third kappa shape index (κ3) is 6.78. The predicted molar refractivity (Wildman–Crippen MR) is 123 cm³/mol. The number of esters is 1. The zero-order valence-electron chi connectivity index (χ0n) is 20.4. The molecule has 0 spiro atoms. The minimum absolute atomic E-state index is 0.0555. The second kappa shape index (κ2) is 12.5. The van der Waals surface area contributed by atoms with Crippen molar-refractivity contribution in [1.82, 2.24) is 10.2 Å². The molecule has 0 aliphatic carbocycles. The molecule has 10 heteroatoms. The first-order chi connectivity index (χ1) is 16.2. The van der Waals surface area contributed by atoms with Crippen LogP contribution in [0.15, 0.2) is 42.5 Å². The van der Waals surface area contributed by atoms with E-state index in [-0.39, 0.29) is 13.2 Å². The van der Waals surface area contributed by atoms with Crippen LogP contribution in [-0.2, 0) is 33.3 Å². The number of benzene rings is 1. The number of β-lactam (4-membered cyclic amide) rings is 1. The smallest absolute Gasteiger partial charge is 0.333 e. The number of methoxy groups -OCH3 is 1. The van der Waals surface area contributed by atoms with E-state index in [9.17, 15) is 14.4 Å². The highest BCUT2D eigenvalue weighted by Gasteiger charge is 2.55. The summed E-state index contributed by atoms with van der Waals surface area (Å²) >= 11 is 0. The van der Waals surface area contributed by atoms with Crippen molar-refractivity contribution in [1.29, 1.82) is 0 Å². The molecule has 1 heterocycles. The van der Waals surface area contributed by atoms with Crippen molar-refractivity contribution in [2.45, 2.75) is 51.8 Å². The first-order valence-electron chi connectivity index (χ1n) is 11.1.